The van der Waals surface area contributed by atoms with Gasteiger partial charge in [0.25, 0.3) is 0 Å². The molecule has 0 aromatic carbocycles. The lowest BCUT2D eigenvalue weighted by molar-refractivity contribution is -0.123. The number of carbonyl (C=O) groups excluding carboxylic acids is 1. The Morgan fingerprint density at radius 2 is 2.14 bits per heavy atom. The average Bonchev–Trinajstić information content (AvgIpc) is 2.00. The highest BCUT2D eigenvalue weighted by molar-refractivity contribution is 5.76. The molecule has 1 rings (SSSR count). The predicted octanol–water partition coefficient (Wildman–Crippen LogP) is 0.0140. The molecule has 1 aliphatic carbocycles. The number of carbonyl (C=O) groups is 1. The van der Waals surface area contributed by atoms with Gasteiger partial charge in [0.1, 0.15) is 0 Å². The molecule has 4 heteroatoms. The standard InChI is InChI=1S/C10H20N2O2/c1-7(2)11-4-3-10(14)12-8-5-9(13)6-8/h7-9,11,13H,3-6H2,1-2H3,(H,12,14). The second kappa shape index (κ2) is 5.32. The third-order valence-corrected chi connectivity index (χ3v) is 2.38. The molecule has 1 saturated carbocycles. The fraction of sp³-hybridized carbons (Fsp3) is 0.900. The zero-order chi connectivity index (χ0) is 10.6. The van der Waals surface area contributed by atoms with Crippen LogP contribution < -0.4 is 10.6 Å². The predicted molar refractivity (Wildman–Crippen MR) is 54.9 cm³/mol. The van der Waals surface area contributed by atoms with Crippen LogP contribution in [0, 0.1) is 0 Å². The van der Waals surface area contributed by atoms with Crippen molar-refractivity contribution in [2.24, 2.45) is 0 Å². The van der Waals surface area contributed by atoms with Crippen LogP contribution in [0.1, 0.15) is 33.1 Å². The minimum absolute atomic E-state index is 0.0788. The van der Waals surface area contributed by atoms with E-state index in [1.54, 1.807) is 0 Å². The molecule has 0 bridgehead atoms. The maximum Gasteiger partial charge on any atom is 0.221 e. The number of rotatable bonds is 5. The van der Waals surface area contributed by atoms with Crippen molar-refractivity contribution in [1.29, 1.82) is 0 Å². The molecule has 0 unspecified atom stereocenters. The van der Waals surface area contributed by atoms with Gasteiger partial charge in [-0.25, -0.2) is 0 Å². The fourth-order valence-electron chi connectivity index (χ4n) is 1.48. The van der Waals surface area contributed by atoms with E-state index >= 15 is 0 Å². The second-order valence-corrected chi connectivity index (χ2v) is 4.25. The quantitative estimate of drug-likeness (QED) is 0.586. The molecule has 4 nitrogen and oxygen atoms in total. The fourth-order valence-corrected chi connectivity index (χ4v) is 1.48. The van der Waals surface area contributed by atoms with Gasteiger partial charge in [-0.15, -0.1) is 0 Å². The van der Waals surface area contributed by atoms with Crippen LogP contribution >= 0.6 is 0 Å². The summed E-state index contributed by atoms with van der Waals surface area (Å²) in [5.74, 6) is 0.0788. The van der Waals surface area contributed by atoms with Crippen LogP contribution in [0.4, 0.5) is 0 Å². The summed E-state index contributed by atoms with van der Waals surface area (Å²) >= 11 is 0. The van der Waals surface area contributed by atoms with E-state index in [2.05, 4.69) is 24.5 Å². The molecule has 0 heterocycles. The first kappa shape index (κ1) is 11.5. The molecule has 0 atom stereocenters. The van der Waals surface area contributed by atoms with Gasteiger partial charge < -0.3 is 15.7 Å². The molecule has 1 fully saturated rings. The van der Waals surface area contributed by atoms with Gasteiger partial charge in [0.2, 0.25) is 5.91 Å². The van der Waals surface area contributed by atoms with Crippen LogP contribution in [-0.2, 0) is 4.79 Å². The average molecular weight is 200 g/mol. The van der Waals surface area contributed by atoms with E-state index in [1.165, 1.54) is 0 Å². The summed E-state index contributed by atoms with van der Waals surface area (Å²) in [7, 11) is 0. The van der Waals surface area contributed by atoms with Gasteiger partial charge in [0.15, 0.2) is 0 Å². The van der Waals surface area contributed by atoms with Crippen molar-refractivity contribution in [3.8, 4) is 0 Å². The highest BCUT2D eigenvalue weighted by atomic mass is 16.3. The smallest absolute Gasteiger partial charge is 0.221 e. The third-order valence-electron chi connectivity index (χ3n) is 2.38. The molecule has 0 radical (unpaired) electrons. The van der Waals surface area contributed by atoms with E-state index in [1.807, 2.05) is 0 Å². The first-order valence-corrected chi connectivity index (χ1v) is 5.28. The van der Waals surface area contributed by atoms with Gasteiger partial charge in [-0.2, -0.15) is 0 Å². The summed E-state index contributed by atoms with van der Waals surface area (Å²) < 4.78 is 0. The molecule has 0 aliphatic heterocycles. The maximum atomic E-state index is 11.3. The van der Waals surface area contributed by atoms with Crippen molar-refractivity contribution >= 4 is 5.91 Å². The molecule has 14 heavy (non-hydrogen) atoms. The highest BCUT2D eigenvalue weighted by Crippen LogP contribution is 2.19. The highest BCUT2D eigenvalue weighted by Gasteiger charge is 2.27. The minimum Gasteiger partial charge on any atom is -0.393 e. The zero-order valence-corrected chi connectivity index (χ0v) is 8.92. The van der Waals surface area contributed by atoms with Crippen molar-refractivity contribution in [2.45, 2.75) is 51.3 Å². The third kappa shape index (κ3) is 4.07. The summed E-state index contributed by atoms with van der Waals surface area (Å²) in [6.45, 7) is 4.83. The normalized spacial score (nSPS) is 26.0. The lowest BCUT2D eigenvalue weighted by Crippen LogP contribution is -2.47. The van der Waals surface area contributed by atoms with Crippen LogP contribution in [0.15, 0.2) is 0 Å². The van der Waals surface area contributed by atoms with Gasteiger partial charge >= 0.3 is 0 Å². The molecule has 1 aliphatic rings. The number of hydrogen-bond donors (Lipinski definition) is 3. The molecule has 0 aromatic rings. The van der Waals surface area contributed by atoms with Crippen LogP contribution in [0.3, 0.4) is 0 Å². The van der Waals surface area contributed by atoms with E-state index in [0.29, 0.717) is 25.3 Å². The van der Waals surface area contributed by atoms with Gasteiger partial charge in [0.05, 0.1) is 6.10 Å². The van der Waals surface area contributed by atoms with E-state index in [9.17, 15) is 4.79 Å². The number of aliphatic hydroxyl groups excluding tert-OH is 1. The lowest BCUT2D eigenvalue weighted by Gasteiger charge is -2.31. The first-order valence-electron chi connectivity index (χ1n) is 5.28. The molecule has 0 spiro atoms. The molecule has 3 N–H and O–H groups in total. The topological polar surface area (TPSA) is 61.4 Å². The van der Waals surface area contributed by atoms with E-state index in [4.69, 9.17) is 5.11 Å². The van der Waals surface area contributed by atoms with Crippen molar-refractivity contribution in [3.05, 3.63) is 0 Å². The van der Waals surface area contributed by atoms with Crippen molar-refractivity contribution in [3.63, 3.8) is 0 Å². The van der Waals surface area contributed by atoms with E-state index in [-0.39, 0.29) is 18.1 Å². The second-order valence-electron chi connectivity index (χ2n) is 4.25. The van der Waals surface area contributed by atoms with Crippen LogP contribution in [0.5, 0.6) is 0 Å². The van der Waals surface area contributed by atoms with Crippen molar-refractivity contribution in [2.75, 3.05) is 6.54 Å². The Bertz CT molecular complexity index is 189. The Labute approximate surface area is 85.1 Å². The van der Waals surface area contributed by atoms with E-state index < -0.39 is 0 Å². The molecule has 0 aromatic heterocycles. The van der Waals surface area contributed by atoms with Gasteiger partial charge in [-0.1, -0.05) is 13.8 Å². The molecule has 1 amide bonds. The largest absolute Gasteiger partial charge is 0.393 e. The molecule has 82 valence electrons. The van der Waals surface area contributed by atoms with Crippen LogP contribution in [-0.4, -0.2) is 35.7 Å². The Kier molecular flexibility index (Phi) is 4.35. The molecule has 0 saturated heterocycles. The molecular weight excluding hydrogens is 180 g/mol. The lowest BCUT2D eigenvalue weighted by atomic mass is 9.89. The summed E-state index contributed by atoms with van der Waals surface area (Å²) in [5, 5.41) is 15.1. The summed E-state index contributed by atoms with van der Waals surface area (Å²) in [6, 6.07) is 0.630. The molecular formula is C10H20N2O2. The zero-order valence-electron chi connectivity index (χ0n) is 8.92. The Morgan fingerprint density at radius 3 is 2.64 bits per heavy atom. The Balaban J connectivity index is 1.99. The first-order chi connectivity index (χ1) is 6.58. The van der Waals surface area contributed by atoms with Crippen molar-refractivity contribution < 1.29 is 9.90 Å². The van der Waals surface area contributed by atoms with Gasteiger partial charge in [-0.05, 0) is 12.8 Å². The van der Waals surface area contributed by atoms with Gasteiger partial charge in [-0.3, -0.25) is 4.79 Å². The van der Waals surface area contributed by atoms with Gasteiger partial charge in [0, 0.05) is 25.0 Å². The van der Waals surface area contributed by atoms with E-state index in [0.717, 1.165) is 6.54 Å². The Hall–Kier alpha value is -0.610. The van der Waals surface area contributed by atoms with Crippen molar-refractivity contribution in [1.82, 2.24) is 10.6 Å². The number of aliphatic hydroxyl groups is 1. The minimum atomic E-state index is -0.200. The van der Waals surface area contributed by atoms with Crippen LogP contribution in [0.2, 0.25) is 0 Å². The summed E-state index contributed by atoms with van der Waals surface area (Å²) in [4.78, 5) is 11.3. The van der Waals surface area contributed by atoms with Crippen LogP contribution in [0.25, 0.3) is 0 Å². The Morgan fingerprint density at radius 1 is 1.50 bits per heavy atom. The monoisotopic (exact) mass is 200 g/mol. The number of nitrogens with one attached hydrogen (secondary N) is 2. The number of hydrogen-bond acceptors (Lipinski definition) is 3. The maximum absolute atomic E-state index is 11.3. The summed E-state index contributed by atoms with van der Waals surface area (Å²) in [6.07, 6.45) is 1.74. The number of amides is 1. The summed E-state index contributed by atoms with van der Waals surface area (Å²) in [5.41, 5.74) is 0. The SMILES string of the molecule is CC(C)NCCC(=O)NC1CC(O)C1.